The van der Waals surface area contributed by atoms with Crippen molar-refractivity contribution in [2.24, 2.45) is 0 Å². The van der Waals surface area contributed by atoms with Crippen LogP contribution in [0, 0.1) is 5.82 Å². The maximum atomic E-state index is 13.6. The molecule has 3 aromatic rings. The van der Waals surface area contributed by atoms with Crippen molar-refractivity contribution in [3.8, 4) is 0 Å². The first-order valence-corrected chi connectivity index (χ1v) is 5.93. The third kappa shape index (κ3) is 2.12. The van der Waals surface area contributed by atoms with Crippen molar-refractivity contribution < 1.29 is 9.18 Å². The molecule has 0 N–H and O–H groups in total. The van der Waals surface area contributed by atoms with Crippen LogP contribution in [0.25, 0.3) is 5.65 Å². The highest BCUT2D eigenvalue weighted by Crippen LogP contribution is 2.15. The largest absolute Gasteiger partial charge is 0.306 e. The number of carbonyl (C=O) groups excluding carboxylic acids is 1. The van der Waals surface area contributed by atoms with E-state index in [0.717, 1.165) is 12.0 Å². The zero-order valence-electron chi connectivity index (χ0n) is 10.1. The summed E-state index contributed by atoms with van der Waals surface area (Å²) in [6, 6.07) is 10.1. The van der Waals surface area contributed by atoms with Crippen molar-refractivity contribution >= 4 is 11.9 Å². The molecule has 2 aromatic heterocycles. The van der Waals surface area contributed by atoms with Crippen LogP contribution in [0.3, 0.4) is 0 Å². The Labute approximate surface area is 109 Å². The van der Waals surface area contributed by atoms with Gasteiger partial charge in [0.15, 0.2) is 6.29 Å². The number of carbonyl (C=O) groups is 1. The maximum Gasteiger partial charge on any atom is 0.153 e. The summed E-state index contributed by atoms with van der Waals surface area (Å²) < 4.78 is 15.4. The van der Waals surface area contributed by atoms with Crippen molar-refractivity contribution in [1.82, 2.24) is 9.38 Å². The first-order valence-electron chi connectivity index (χ1n) is 5.93. The van der Waals surface area contributed by atoms with Gasteiger partial charge in [0.1, 0.15) is 11.5 Å². The summed E-state index contributed by atoms with van der Waals surface area (Å²) in [7, 11) is 0. The number of benzene rings is 1. The van der Waals surface area contributed by atoms with Crippen LogP contribution in [-0.2, 0) is 6.42 Å². The predicted octanol–water partition coefficient (Wildman–Crippen LogP) is 2.88. The molecule has 0 unspecified atom stereocenters. The molecular weight excluding hydrogens is 243 g/mol. The smallest absolute Gasteiger partial charge is 0.153 e. The number of fused-ring (bicyclic) bond motifs is 1. The predicted molar refractivity (Wildman–Crippen MR) is 69.8 cm³/mol. The molecule has 19 heavy (non-hydrogen) atoms. The molecule has 0 atom stereocenters. The maximum absolute atomic E-state index is 13.6. The van der Waals surface area contributed by atoms with Gasteiger partial charge in [0.05, 0.1) is 11.3 Å². The van der Waals surface area contributed by atoms with E-state index in [1.54, 1.807) is 34.7 Å². The average molecular weight is 254 g/mol. The van der Waals surface area contributed by atoms with Gasteiger partial charge in [-0.3, -0.25) is 4.79 Å². The van der Waals surface area contributed by atoms with Gasteiger partial charge < -0.3 is 4.40 Å². The molecule has 2 heterocycles. The van der Waals surface area contributed by atoms with Crippen LogP contribution in [0.2, 0.25) is 0 Å². The highest BCUT2D eigenvalue weighted by molar-refractivity contribution is 5.84. The third-order valence-corrected chi connectivity index (χ3v) is 3.02. The van der Waals surface area contributed by atoms with Gasteiger partial charge in [-0.1, -0.05) is 18.2 Å². The minimum absolute atomic E-state index is 0.241. The Kier molecular flexibility index (Phi) is 2.83. The van der Waals surface area contributed by atoms with E-state index < -0.39 is 0 Å². The second kappa shape index (κ2) is 4.65. The number of nitrogens with zero attached hydrogens (tertiary/aromatic N) is 2. The zero-order valence-corrected chi connectivity index (χ0v) is 10.1. The zero-order chi connectivity index (χ0) is 13.2. The molecule has 94 valence electrons. The number of halogens is 1. The lowest BCUT2D eigenvalue weighted by atomic mass is 10.1. The summed E-state index contributed by atoms with van der Waals surface area (Å²) in [6.45, 7) is 0. The van der Waals surface area contributed by atoms with E-state index in [1.165, 1.54) is 6.07 Å². The van der Waals surface area contributed by atoms with E-state index in [4.69, 9.17) is 0 Å². The minimum Gasteiger partial charge on any atom is -0.306 e. The van der Waals surface area contributed by atoms with Gasteiger partial charge in [0.2, 0.25) is 0 Å². The van der Waals surface area contributed by atoms with Crippen LogP contribution in [0.1, 0.15) is 21.6 Å². The Hall–Kier alpha value is -2.49. The van der Waals surface area contributed by atoms with Gasteiger partial charge in [0.25, 0.3) is 0 Å². The van der Waals surface area contributed by atoms with E-state index in [-0.39, 0.29) is 5.82 Å². The van der Waals surface area contributed by atoms with Crippen LogP contribution in [-0.4, -0.2) is 15.7 Å². The number of rotatable bonds is 3. The molecule has 0 saturated carbocycles. The fourth-order valence-corrected chi connectivity index (χ4v) is 2.10. The van der Waals surface area contributed by atoms with E-state index in [2.05, 4.69) is 4.98 Å². The van der Waals surface area contributed by atoms with Gasteiger partial charge in [-0.05, 0) is 23.8 Å². The summed E-state index contributed by atoms with van der Waals surface area (Å²) in [4.78, 5) is 15.3. The summed E-state index contributed by atoms with van der Waals surface area (Å²) in [5, 5.41) is 0. The lowest BCUT2D eigenvalue weighted by molar-refractivity contribution is 0.112. The lowest BCUT2D eigenvalue weighted by Gasteiger charge is -1.98. The number of pyridine rings is 1. The molecule has 3 nitrogen and oxygen atoms in total. The van der Waals surface area contributed by atoms with Crippen LogP contribution in [0.15, 0.2) is 48.8 Å². The number of imidazole rings is 1. The van der Waals surface area contributed by atoms with E-state index in [1.807, 2.05) is 12.4 Å². The Bertz CT molecular complexity index is 749. The quantitative estimate of drug-likeness (QED) is 0.673. The Balaban J connectivity index is 2.03. The first kappa shape index (κ1) is 11.6. The lowest BCUT2D eigenvalue weighted by Crippen LogP contribution is -1.92. The van der Waals surface area contributed by atoms with Gasteiger partial charge >= 0.3 is 0 Å². The van der Waals surface area contributed by atoms with Crippen molar-refractivity contribution in [1.29, 1.82) is 0 Å². The Morgan fingerprint density at radius 3 is 2.84 bits per heavy atom. The Morgan fingerprint density at radius 1 is 1.21 bits per heavy atom. The molecule has 0 aliphatic heterocycles. The van der Waals surface area contributed by atoms with E-state index in [9.17, 15) is 9.18 Å². The summed E-state index contributed by atoms with van der Waals surface area (Å²) in [6.07, 6.45) is 4.82. The van der Waals surface area contributed by atoms with E-state index in [0.29, 0.717) is 23.2 Å². The molecule has 0 bridgehead atoms. The average Bonchev–Trinajstić information content (AvgIpc) is 2.83. The van der Waals surface area contributed by atoms with E-state index >= 15 is 0 Å². The van der Waals surface area contributed by atoms with Gasteiger partial charge in [-0.25, -0.2) is 9.37 Å². The summed E-state index contributed by atoms with van der Waals surface area (Å²) >= 11 is 0. The highest BCUT2D eigenvalue weighted by Gasteiger charge is 2.08. The SMILES string of the molecule is O=Cc1cccn2cc(Cc3ccccc3F)nc12. The molecule has 0 amide bonds. The molecule has 0 fully saturated rings. The van der Waals surface area contributed by atoms with Crippen molar-refractivity contribution in [3.05, 3.63) is 71.4 Å². The fraction of sp³-hybridized carbons (Fsp3) is 0.0667. The first-order chi connectivity index (χ1) is 9.28. The summed E-state index contributed by atoms with van der Waals surface area (Å²) in [5.41, 5.74) is 2.46. The normalized spacial score (nSPS) is 10.8. The number of aldehydes is 1. The van der Waals surface area contributed by atoms with Gasteiger partial charge in [0, 0.05) is 18.8 Å². The summed E-state index contributed by atoms with van der Waals surface area (Å²) in [5.74, 6) is -0.241. The van der Waals surface area contributed by atoms with Gasteiger partial charge in [-0.2, -0.15) is 0 Å². The molecule has 0 aliphatic rings. The van der Waals surface area contributed by atoms with Crippen molar-refractivity contribution in [2.75, 3.05) is 0 Å². The molecule has 0 radical (unpaired) electrons. The molecule has 0 aliphatic carbocycles. The van der Waals surface area contributed by atoms with Crippen LogP contribution in [0.5, 0.6) is 0 Å². The molecule has 4 heteroatoms. The number of aromatic nitrogens is 2. The van der Waals surface area contributed by atoms with Gasteiger partial charge in [-0.15, -0.1) is 0 Å². The molecule has 1 aromatic carbocycles. The second-order valence-electron chi connectivity index (χ2n) is 4.31. The van der Waals surface area contributed by atoms with Crippen molar-refractivity contribution in [2.45, 2.75) is 6.42 Å². The topological polar surface area (TPSA) is 34.4 Å². The minimum atomic E-state index is -0.241. The molecular formula is C15H11FN2O. The van der Waals surface area contributed by atoms with Crippen LogP contribution < -0.4 is 0 Å². The fourth-order valence-electron chi connectivity index (χ4n) is 2.10. The molecule has 0 spiro atoms. The van der Waals surface area contributed by atoms with Crippen LogP contribution in [0.4, 0.5) is 4.39 Å². The Morgan fingerprint density at radius 2 is 2.05 bits per heavy atom. The second-order valence-corrected chi connectivity index (χ2v) is 4.31. The number of hydrogen-bond acceptors (Lipinski definition) is 2. The standard InChI is InChI=1S/C15H11FN2O/c16-14-6-2-1-4-11(14)8-13-9-18-7-3-5-12(10-19)15(18)17-13/h1-7,9-10H,8H2. The molecule has 3 rings (SSSR count). The van der Waals surface area contributed by atoms with Crippen LogP contribution >= 0.6 is 0 Å². The third-order valence-electron chi connectivity index (χ3n) is 3.02. The number of hydrogen-bond donors (Lipinski definition) is 0. The monoisotopic (exact) mass is 254 g/mol. The highest BCUT2D eigenvalue weighted by atomic mass is 19.1. The molecule has 0 saturated heterocycles. The van der Waals surface area contributed by atoms with Crippen molar-refractivity contribution in [3.63, 3.8) is 0 Å².